The highest BCUT2D eigenvalue weighted by atomic mass is 19.1. The molecule has 9 heteroatoms. The van der Waals surface area contributed by atoms with Crippen LogP contribution in [0.4, 0.5) is 10.2 Å². The molecule has 0 unspecified atom stereocenters. The van der Waals surface area contributed by atoms with Gasteiger partial charge in [-0.15, -0.1) is 0 Å². The van der Waals surface area contributed by atoms with Gasteiger partial charge in [0, 0.05) is 24.3 Å². The Morgan fingerprint density at radius 3 is 2.38 bits per heavy atom. The number of anilines is 1. The van der Waals surface area contributed by atoms with E-state index in [1.54, 1.807) is 17.8 Å². The van der Waals surface area contributed by atoms with Crippen molar-refractivity contribution in [1.29, 1.82) is 0 Å². The first-order chi connectivity index (χ1) is 13.4. The highest BCUT2D eigenvalue weighted by molar-refractivity contribution is 6.63. The highest BCUT2D eigenvalue weighted by Gasteiger charge is 2.52. The van der Waals surface area contributed by atoms with Gasteiger partial charge in [0.05, 0.1) is 23.4 Å². The Morgan fingerprint density at radius 1 is 1.24 bits per heavy atom. The Labute approximate surface area is 170 Å². The maximum Gasteiger partial charge on any atom is 0.498 e. The number of aromatic nitrogens is 2. The van der Waals surface area contributed by atoms with Gasteiger partial charge >= 0.3 is 7.12 Å². The minimum Gasteiger partial charge on any atom is -0.494 e. The van der Waals surface area contributed by atoms with E-state index in [1.165, 1.54) is 12.1 Å². The summed E-state index contributed by atoms with van der Waals surface area (Å²) >= 11 is 0. The van der Waals surface area contributed by atoms with E-state index in [1.807, 2.05) is 41.5 Å². The molecule has 0 spiro atoms. The Balaban J connectivity index is 1.93. The third-order valence-electron chi connectivity index (χ3n) is 5.51. The molecular weight excluding hydrogens is 376 g/mol. The average Bonchev–Trinajstić information content (AvgIpc) is 3.03. The second-order valence-corrected chi connectivity index (χ2v) is 8.14. The van der Waals surface area contributed by atoms with Crippen LogP contribution in [0.1, 0.15) is 50.7 Å². The van der Waals surface area contributed by atoms with E-state index in [2.05, 4.69) is 10.4 Å². The summed E-state index contributed by atoms with van der Waals surface area (Å²) in [7, 11) is 0.963. The van der Waals surface area contributed by atoms with Crippen LogP contribution >= 0.6 is 0 Å². The van der Waals surface area contributed by atoms with Crippen molar-refractivity contribution in [2.75, 3.05) is 11.9 Å². The molecule has 0 atom stereocenters. The van der Waals surface area contributed by atoms with Gasteiger partial charge in [0.2, 0.25) is 0 Å². The van der Waals surface area contributed by atoms with Crippen LogP contribution < -0.4 is 15.5 Å². The number of nitrogens with zero attached hydrogens (tertiary/aromatic N) is 2. The highest BCUT2D eigenvalue weighted by Crippen LogP contribution is 2.37. The van der Waals surface area contributed by atoms with Gasteiger partial charge in [-0.2, -0.15) is 5.10 Å². The van der Waals surface area contributed by atoms with Crippen molar-refractivity contribution in [2.24, 2.45) is 7.05 Å². The summed E-state index contributed by atoms with van der Waals surface area (Å²) in [5, 5.41) is 6.78. The fourth-order valence-electron chi connectivity index (χ4n) is 2.98. The number of halogens is 1. The monoisotopic (exact) mass is 403 g/mol. The molecule has 1 aromatic heterocycles. The van der Waals surface area contributed by atoms with Gasteiger partial charge < -0.3 is 19.4 Å². The van der Waals surface area contributed by atoms with Gasteiger partial charge in [-0.05, 0) is 53.7 Å². The number of rotatable bonds is 5. The van der Waals surface area contributed by atoms with E-state index in [-0.39, 0.29) is 5.56 Å². The minimum atomic E-state index is -0.799. The molecule has 1 aromatic carbocycles. The van der Waals surface area contributed by atoms with E-state index < -0.39 is 30.0 Å². The number of hydrogen-bond acceptors (Lipinski definition) is 5. The Morgan fingerprint density at radius 2 is 1.86 bits per heavy atom. The van der Waals surface area contributed by atoms with Crippen LogP contribution in [0.2, 0.25) is 0 Å². The smallest absolute Gasteiger partial charge is 0.494 e. The molecule has 1 fully saturated rings. The van der Waals surface area contributed by atoms with Crippen molar-refractivity contribution in [3.05, 3.63) is 35.3 Å². The lowest BCUT2D eigenvalue weighted by molar-refractivity contribution is 0.00578. The lowest BCUT2D eigenvalue weighted by Gasteiger charge is -2.32. The topological polar surface area (TPSA) is 74.6 Å². The minimum absolute atomic E-state index is 0.142. The van der Waals surface area contributed by atoms with Crippen LogP contribution in [0.5, 0.6) is 5.75 Å². The molecule has 1 amide bonds. The fraction of sp³-hybridized carbons (Fsp3) is 0.500. The number of benzene rings is 1. The van der Waals surface area contributed by atoms with E-state index >= 15 is 0 Å². The zero-order valence-electron chi connectivity index (χ0n) is 17.9. The van der Waals surface area contributed by atoms with Crippen LogP contribution in [-0.4, -0.2) is 40.6 Å². The van der Waals surface area contributed by atoms with Gasteiger partial charge in [-0.3, -0.25) is 9.48 Å². The van der Waals surface area contributed by atoms with Crippen LogP contribution in [0, 0.1) is 12.7 Å². The standard InChI is InChI=1S/C20H27BFN3O4/c1-8-27-16-10-13(18(26)23-17-9-12(2)25(7)24-17)15(22)11-14(16)21-28-19(3,4)20(5,6)29-21/h9-11H,8H2,1-7H3,(H,23,24,26). The number of hydrogen-bond donors (Lipinski definition) is 1. The van der Waals surface area contributed by atoms with Crippen LogP contribution in [0.25, 0.3) is 0 Å². The normalized spacial score (nSPS) is 17.4. The Kier molecular flexibility index (Phi) is 5.49. The lowest BCUT2D eigenvalue weighted by Crippen LogP contribution is -2.41. The number of carbonyl (C=O) groups is 1. The first-order valence-electron chi connectivity index (χ1n) is 9.59. The summed E-state index contributed by atoms with van der Waals surface area (Å²) in [6.07, 6.45) is 0. The summed E-state index contributed by atoms with van der Waals surface area (Å²) in [6.45, 7) is 11.7. The predicted molar refractivity (Wildman–Crippen MR) is 109 cm³/mol. The van der Waals surface area contributed by atoms with Crippen LogP contribution in [-0.2, 0) is 16.4 Å². The number of nitrogens with one attached hydrogen (secondary N) is 1. The lowest BCUT2D eigenvalue weighted by atomic mass is 9.77. The first-order valence-corrected chi connectivity index (χ1v) is 9.59. The van der Waals surface area contributed by atoms with Crippen molar-refractivity contribution in [1.82, 2.24) is 9.78 Å². The van der Waals surface area contributed by atoms with Crippen molar-refractivity contribution in [3.63, 3.8) is 0 Å². The van der Waals surface area contributed by atoms with Crippen LogP contribution in [0.3, 0.4) is 0 Å². The molecule has 2 aromatic rings. The molecule has 7 nitrogen and oxygen atoms in total. The average molecular weight is 403 g/mol. The number of amides is 1. The second-order valence-electron chi connectivity index (χ2n) is 8.14. The van der Waals surface area contributed by atoms with E-state index in [9.17, 15) is 9.18 Å². The third-order valence-corrected chi connectivity index (χ3v) is 5.51. The van der Waals surface area contributed by atoms with Crippen molar-refractivity contribution in [3.8, 4) is 5.75 Å². The van der Waals surface area contributed by atoms with Gasteiger partial charge in [0.1, 0.15) is 11.6 Å². The molecule has 2 heterocycles. The van der Waals surface area contributed by atoms with Gasteiger partial charge in [-0.25, -0.2) is 4.39 Å². The van der Waals surface area contributed by atoms with Crippen molar-refractivity contribution < 1.29 is 23.2 Å². The molecule has 29 heavy (non-hydrogen) atoms. The summed E-state index contributed by atoms with van der Waals surface area (Å²) < 4.78 is 34.2. The molecular formula is C20H27BFN3O4. The molecule has 156 valence electrons. The largest absolute Gasteiger partial charge is 0.498 e. The number of carbonyl (C=O) groups excluding carboxylic acids is 1. The maximum atomic E-state index is 14.9. The van der Waals surface area contributed by atoms with Crippen LogP contribution in [0.15, 0.2) is 18.2 Å². The summed E-state index contributed by atoms with van der Waals surface area (Å²) in [5.74, 6) is -0.609. The Hall–Kier alpha value is -2.39. The zero-order valence-corrected chi connectivity index (χ0v) is 17.9. The molecule has 1 saturated heterocycles. The SMILES string of the molecule is CCOc1cc(C(=O)Nc2cc(C)n(C)n2)c(F)cc1B1OC(C)(C)C(C)(C)O1. The van der Waals surface area contributed by atoms with Crippen molar-refractivity contribution in [2.45, 2.75) is 52.7 Å². The zero-order chi connectivity index (χ0) is 21.6. The summed E-state index contributed by atoms with van der Waals surface area (Å²) in [6, 6.07) is 4.33. The van der Waals surface area contributed by atoms with Gasteiger partial charge in [0.25, 0.3) is 5.91 Å². The maximum absolute atomic E-state index is 14.9. The number of ether oxygens (including phenoxy) is 1. The molecule has 0 saturated carbocycles. The first kappa shape index (κ1) is 21.3. The molecule has 1 N–H and O–H groups in total. The molecule has 0 aliphatic carbocycles. The summed E-state index contributed by atoms with van der Waals surface area (Å²) in [5.41, 5.74) is -0.0215. The molecule has 0 bridgehead atoms. The quantitative estimate of drug-likeness (QED) is 0.778. The molecule has 1 aliphatic heterocycles. The van der Waals surface area contributed by atoms with E-state index in [0.717, 1.165) is 5.69 Å². The molecule has 3 rings (SSSR count). The van der Waals surface area contributed by atoms with E-state index in [0.29, 0.717) is 23.6 Å². The predicted octanol–water partition coefficient (Wildman–Crippen LogP) is 2.82. The third kappa shape index (κ3) is 4.02. The van der Waals surface area contributed by atoms with Gasteiger partial charge in [0.15, 0.2) is 5.82 Å². The van der Waals surface area contributed by atoms with E-state index in [4.69, 9.17) is 14.0 Å². The van der Waals surface area contributed by atoms with Crippen molar-refractivity contribution >= 4 is 24.3 Å². The molecule has 1 aliphatic rings. The Bertz CT molecular complexity index is 907. The molecule has 0 radical (unpaired) electrons. The second kappa shape index (κ2) is 7.46. The fourth-order valence-corrected chi connectivity index (χ4v) is 2.98. The van der Waals surface area contributed by atoms with Gasteiger partial charge in [-0.1, -0.05) is 0 Å². The summed E-state index contributed by atoms with van der Waals surface area (Å²) in [4.78, 5) is 12.6. The number of aryl methyl sites for hydroxylation is 2.